The van der Waals surface area contributed by atoms with Gasteiger partial charge in [-0.2, -0.15) is 0 Å². The largest absolute Gasteiger partial charge is 0.497 e. The maximum Gasteiger partial charge on any atom is 0.224 e. The lowest BCUT2D eigenvalue weighted by Crippen LogP contribution is -2.32. The molecule has 0 aliphatic rings. The average Bonchev–Trinajstić information content (AvgIpc) is 2.42. The van der Waals surface area contributed by atoms with Gasteiger partial charge >= 0.3 is 0 Å². The Balaban J connectivity index is 2.58. The molecule has 1 aromatic rings. The number of hydrogen-bond acceptors (Lipinski definition) is 3. The van der Waals surface area contributed by atoms with E-state index in [4.69, 9.17) is 4.74 Å². The zero-order valence-corrected chi connectivity index (χ0v) is 11.4. The van der Waals surface area contributed by atoms with Gasteiger partial charge in [-0.25, -0.2) is 0 Å². The highest BCUT2D eigenvalue weighted by Gasteiger charge is 2.11. The molecule has 0 saturated heterocycles. The van der Waals surface area contributed by atoms with Gasteiger partial charge in [-0.1, -0.05) is 12.1 Å². The van der Waals surface area contributed by atoms with Crippen LogP contribution in [0.15, 0.2) is 24.3 Å². The summed E-state index contributed by atoms with van der Waals surface area (Å²) in [4.78, 5) is 13.8. The molecule has 0 unspecified atom stereocenters. The number of rotatable bonds is 7. The highest BCUT2D eigenvalue weighted by Crippen LogP contribution is 2.13. The molecule has 0 spiro atoms. The van der Waals surface area contributed by atoms with Crippen molar-refractivity contribution in [3.8, 4) is 5.75 Å². The van der Waals surface area contributed by atoms with Gasteiger partial charge in [0.1, 0.15) is 5.75 Å². The number of ether oxygens (including phenoxy) is 1. The van der Waals surface area contributed by atoms with E-state index in [0.717, 1.165) is 24.4 Å². The minimum atomic E-state index is 0.183. The zero-order valence-electron chi connectivity index (χ0n) is 11.4. The monoisotopic (exact) mass is 250 g/mol. The van der Waals surface area contributed by atoms with Crippen LogP contribution in [0.4, 0.5) is 0 Å². The van der Waals surface area contributed by atoms with E-state index >= 15 is 0 Å². The Hall–Kier alpha value is -1.55. The van der Waals surface area contributed by atoms with Gasteiger partial charge in [0.05, 0.1) is 7.11 Å². The van der Waals surface area contributed by atoms with Crippen LogP contribution in [0.3, 0.4) is 0 Å². The van der Waals surface area contributed by atoms with E-state index in [1.165, 1.54) is 0 Å². The quantitative estimate of drug-likeness (QED) is 0.800. The molecule has 1 rings (SSSR count). The molecule has 1 N–H and O–H groups in total. The number of benzene rings is 1. The standard InChI is InChI=1S/C14H22N2O2/c1-4-16(14(17)9-10-15-2)11-12-5-7-13(18-3)8-6-12/h5-8,15H,4,9-11H2,1-3H3. The third kappa shape index (κ3) is 4.37. The molecule has 0 bridgehead atoms. The summed E-state index contributed by atoms with van der Waals surface area (Å²) in [6.07, 6.45) is 0.542. The predicted octanol–water partition coefficient (Wildman–Crippen LogP) is 1.65. The molecular formula is C14H22N2O2. The average molecular weight is 250 g/mol. The SMILES string of the molecule is CCN(Cc1ccc(OC)cc1)C(=O)CCNC. The Morgan fingerprint density at radius 3 is 2.50 bits per heavy atom. The van der Waals surface area contributed by atoms with Gasteiger partial charge in [-0.15, -0.1) is 0 Å². The summed E-state index contributed by atoms with van der Waals surface area (Å²) in [6.45, 7) is 4.11. The minimum absolute atomic E-state index is 0.183. The Labute approximate surface area is 109 Å². The molecule has 0 heterocycles. The molecule has 4 heteroatoms. The first-order chi connectivity index (χ1) is 8.71. The molecular weight excluding hydrogens is 228 g/mol. The van der Waals surface area contributed by atoms with Gasteiger partial charge in [0.15, 0.2) is 0 Å². The third-order valence-electron chi connectivity index (χ3n) is 2.86. The number of carbonyl (C=O) groups excluding carboxylic acids is 1. The van der Waals surface area contributed by atoms with Crippen LogP contribution >= 0.6 is 0 Å². The van der Waals surface area contributed by atoms with Crippen molar-refractivity contribution in [3.63, 3.8) is 0 Å². The van der Waals surface area contributed by atoms with Crippen molar-refractivity contribution in [1.29, 1.82) is 0 Å². The van der Waals surface area contributed by atoms with Gasteiger partial charge in [0.25, 0.3) is 0 Å². The van der Waals surface area contributed by atoms with Crippen molar-refractivity contribution in [2.45, 2.75) is 19.9 Å². The molecule has 0 aliphatic carbocycles. The maximum absolute atomic E-state index is 11.9. The number of methoxy groups -OCH3 is 1. The van der Waals surface area contributed by atoms with Crippen molar-refractivity contribution in [2.24, 2.45) is 0 Å². The fraction of sp³-hybridized carbons (Fsp3) is 0.500. The van der Waals surface area contributed by atoms with Crippen LogP contribution in [0.25, 0.3) is 0 Å². The van der Waals surface area contributed by atoms with Crippen molar-refractivity contribution in [1.82, 2.24) is 10.2 Å². The lowest BCUT2D eigenvalue weighted by atomic mass is 10.2. The molecule has 100 valence electrons. The minimum Gasteiger partial charge on any atom is -0.497 e. The van der Waals surface area contributed by atoms with Crippen LogP contribution in [-0.4, -0.2) is 38.1 Å². The summed E-state index contributed by atoms with van der Waals surface area (Å²) in [5.74, 6) is 1.02. The van der Waals surface area contributed by atoms with E-state index in [-0.39, 0.29) is 5.91 Å². The van der Waals surface area contributed by atoms with Gasteiger partial charge in [-0.3, -0.25) is 4.79 Å². The Morgan fingerprint density at radius 1 is 1.33 bits per heavy atom. The van der Waals surface area contributed by atoms with E-state index in [1.54, 1.807) is 7.11 Å². The maximum atomic E-state index is 11.9. The molecule has 0 radical (unpaired) electrons. The van der Waals surface area contributed by atoms with Gasteiger partial charge < -0.3 is 15.0 Å². The first-order valence-electron chi connectivity index (χ1n) is 6.26. The number of hydrogen-bond donors (Lipinski definition) is 1. The van der Waals surface area contributed by atoms with E-state index in [2.05, 4.69) is 5.32 Å². The molecule has 0 fully saturated rings. The van der Waals surface area contributed by atoms with Crippen LogP contribution in [0, 0.1) is 0 Å². The first kappa shape index (κ1) is 14.5. The Morgan fingerprint density at radius 2 is 2.00 bits per heavy atom. The molecule has 0 saturated carbocycles. The summed E-state index contributed by atoms with van der Waals surface area (Å²) in [6, 6.07) is 7.82. The fourth-order valence-corrected chi connectivity index (χ4v) is 1.72. The normalized spacial score (nSPS) is 10.2. The molecule has 18 heavy (non-hydrogen) atoms. The summed E-state index contributed by atoms with van der Waals surface area (Å²) in [5.41, 5.74) is 1.12. The lowest BCUT2D eigenvalue weighted by Gasteiger charge is -2.21. The van der Waals surface area contributed by atoms with Crippen LogP contribution in [0.2, 0.25) is 0 Å². The number of carbonyl (C=O) groups is 1. The molecule has 1 amide bonds. The van der Waals surface area contributed by atoms with Gasteiger partial charge in [-0.05, 0) is 31.7 Å². The van der Waals surface area contributed by atoms with Crippen LogP contribution < -0.4 is 10.1 Å². The van der Waals surface area contributed by atoms with Crippen molar-refractivity contribution in [2.75, 3.05) is 27.2 Å². The van der Waals surface area contributed by atoms with E-state index in [9.17, 15) is 4.79 Å². The second-order valence-electron chi connectivity index (χ2n) is 4.11. The molecule has 4 nitrogen and oxygen atoms in total. The van der Waals surface area contributed by atoms with Crippen molar-refractivity contribution in [3.05, 3.63) is 29.8 Å². The second kappa shape index (κ2) is 7.71. The first-order valence-corrected chi connectivity index (χ1v) is 6.26. The number of amides is 1. The molecule has 1 aromatic carbocycles. The summed E-state index contributed by atoms with van der Waals surface area (Å²) < 4.78 is 5.11. The molecule has 0 aliphatic heterocycles. The van der Waals surface area contributed by atoms with Gasteiger partial charge in [0.2, 0.25) is 5.91 Å². The topological polar surface area (TPSA) is 41.6 Å². The third-order valence-corrected chi connectivity index (χ3v) is 2.86. The second-order valence-corrected chi connectivity index (χ2v) is 4.11. The van der Waals surface area contributed by atoms with Crippen LogP contribution in [0.1, 0.15) is 18.9 Å². The summed E-state index contributed by atoms with van der Waals surface area (Å²) >= 11 is 0. The Bertz CT molecular complexity index is 363. The van der Waals surface area contributed by atoms with E-state index < -0.39 is 0 Å². The molecule has 0 atom stereocenters. The van der Waals surface area contributed by atoms with Crippen molar-refractivity contribution >= 4 is 5.91 Å². The summed E-state index contributed by atoms with van der Waals surface area (Å²) in [7, 11) is 3.50. The van der Waals surface area contributed by atoms with Crippen molar-refractivity contribution < 1.29 is 9.53 Å². The highest BCUT2D eigenvalue weighted by molar-refractivity contribution is 5.76. The number of nitrogens with zero attached hydrogens (tertiary/aromatic N) is 1. The lowest BCUT2D eigenvalue weighted by molar-refractivity contribution is -0.131. The molecule has 0 aromatic heterocycles. The highest BCUT2D eigenvalue weighted by atomic mass is 16.5. The number of nitrogens with one attached hydrogen (secondary N) is 1. The van der Waals surface area contributed by atoms with E-state index in [0.29, 0.717) is 13.0 Å². The van der Waals surface area contributed by atoms with E-state index in [1.807, 2.05) is 43.1 Å². The predicted molar refractivity (Wildman–Crippen MR) is 72.6 cm³/mol. The fourth-order valence-electron chi connectivity index (χ4n) is 1.72. The Kier molecular flexibility index (Phi) is 6.22. The zero-order chi connectivity index (χ0) is 13.4. The van der Waals surface area contributed by atoms with Crippen LogP contribution in [0.5, 0.6) is 5.75 Å². The smallest absolute Gasteiger partial charge is 0.224 e. The van der Waals surface area contributed by atoms with Gasteiger partial charge in [0, 0.05) is 26.1 Å². The van der Waals surface area contributed by atoms with Crippen LogP contribution in [-0.2, 0) is 11.3 Å². The summed E-state index contributed by atoms with van der Waals surface area (Å²) in [5, 5.41) is 2.99.